The van der Waals surface area contributed by atoms with Gasteiger partial charge in [-0.15, -0.1) is 17.9 Å². The Bertz CT molecular complexity index is 851. The molecule has 0 radical (unpaired) electrons. The van der Waals surface area contributed by atoms with Gasteiger partial charge in [-0.25, -0.2) is 9.78 Å². The van der Waals surface area contributed by atoms with E-state index in [1.807, 2.05) is 0 Å². The minimum Gasteiger partial charge on any atom is -0.486 e. The quantitative estimate of drug-likeness (QED) is 0.555. The number of fused-ring (bicyclic) bond motifs is 1. The number of ether oxygens (including phenoxy) is 3. The normalized spacial score (nSPS) is 13.4. The number of benzene rings is 1. The summed E-state index contributed by atoms with van der Waals surface area (Å²) in [7, 11) is 0. The number of esters is 1. The summed E-state index contributed by atoms with van der Waals surface area (Å²) in [5.74, 6) is 0.0665. The summed E-state index contributed by atoms with van der Waals surface area (Å²) in [4.78, 5) is 28.6. The van der Waals surface area contributed by atoms with Gasteiger partial charge in [0.15, 0.2) is 28.4 Å². The van der Waals surface area contributed by atoms with E-state index < -0.39 is 18.0 Å². The maximum absolute atomic E-state index is 12.3. The number of amides is 1. The van der Waals surface area contributed by atoms with Crippen molar-refractivity contribution in [2.75, 3.05) is 30.4 Å². The van der Waals surface area contributed by atoms with E-state index in [-0.39, 0.29) is 5.69 Å². The molecule has 2 aromatic rings. The Hall–Kier alpha value is -3.07. The summed E-state index contributed by atoms with van der Waals surface area (Å²) in [5, 5.41) is 7.82. The van der Waals surface area contributed by atoms with E-state index in [1.165, 1.54) is 18.3 Å². The largest absolute Gasteiger partial charge is 0.486 e. The summed E-state index contributed by atoms with van der Waals surface area (Å²) < 4.78 is 16.1. The third-order valence-corrected chi connectivity index (χ3v) is 4.37. The fourth-order valence-electron chi connectivity index (χ4n) is 2.25. The van der Waals surface area contributed by atoms with Crippen LogP contribution in [0.1, 0.15) is 17.4 Å². The third-order valence-electron chi connectivity index (χ3n) is 3.57. The third kappa shape index (κ3) is 4.76. The number of carbonyl (C=O) groups excluding carboxylic acids is 2. The van der Waals surface area contributed by atoms with Gasteiger partial charge in [0, 0.05) is 23.7 Å². The molecule has 27 heavy (non-hydrogen) atoms. The van der Waals surface area contributed by atoms with Gasteiger partial charge in [0.1, 0.15) is 13.2 Å². The Morgan fingerprint density at radius 3 is 2.93 bits per heavy atom. The highest BCUT2D eigenvalue weighted by atomic mass is 32.1. The van der Waals surface area contributed by atoms with Gasteiger partial charge in [0.2, 0.25) is 0 Å². The molecular weight excluding hydrogens is 370 g/mol. The molecule has 1 aromatic heterocycles. The van der Waals surface area contributed by atoms with Crippen LogP contribution in [0.15, 0.2) is 36.2 Å². The molecule has 3 rings (SSSR count). The summed E-state index contributed by atoms with van der Waals surface area (Å²) in [6.07, 6.45) is 0.695. The molecule has 1 aromatic carbocycles. The topological polar surface area (TPSA) is 98.8 Å². The number of nitrogens with one attached hydrogen (secondary N) is 2. The summed E-state index contributed by atoms with van der Waals surface area (Å²) in [6, 6.07) is 5.07. The van der Waals surface area contributed by atoms with Gasteiger partial charge in [-0.1, -0.05) is 6.08 Å². The minimum atomic E-state index is -0.989. The highest BCUT2D eigenvalue weighted by Gasteiger charge is 2.21. The molecule has 0 spiro atoms. The molecule has 1 aliphatic heterocycles. The average molecular weight is 389 g/mol. The fourth-order valence-corrected chi connectivity index (χ4v) is 2.94. The Balaban J connectivity index is 1.56. The first-order valence-electron chi connectivity index (χ1n) is 8.28. The van der Waals surface area contributed by atoms with Crippen LogP contribution in [0.3, 0.4) is 0 Å². The van der Waals surface area contributed by atoms with Crippen molar-refractivity contribution in [1.29, 1.82) is 0 Å². The lowest BCUT2D eigenvalue weighted by molar-refractivity contribution is -0.123. The summed E-state index contributed by atoms with van der Waals surface area (Å²) in [5.41, 5.74) is 0.669. The van der Waals surface area contributed by atoms with Crippen LogP contribution in [0.4, 0.5) is 10.8 Å². The van der Waals surface area contributed by atoms with Crippen LogP contribution in [0, 0.1) is 0 Å². The molecule has 8 nitrogen and oxygen atoms in total. The van der Waals surface area contributed by atoms with Gasteiger partial charge in [0.05, 0.1) is 0 Å². The maximum atomic E-state index is 12.3. The van der Waals surface area contributed by atoms with Crippen molar-refractivity contribution in [3.05, 3.63) is 41.9 Å². The number of carbonyl (C=O) groups is 2. The predicted octanol–water partition coefficient (Wildman–Crippen LogP) is 2.70. The van der Waals surface area contributed by atoms with Gasteiger partial charge in [-0.2, -0.15) is 0 Å². The first-order valence-corrected chi connectivity index (χ1v) is 9.16. The number of thiazole rings is 1. The van der Waals surface area contributed by atoms with E-state index in [4.69, 9.17) is 14.2 Å². The number of anilines is 2. The van der Waals surface area contributed by atoms with Crippen LogP contribution < -0.4 is 20.1 Å². The van der Waals surface area contributed by atoms with Crippen LogP contribution in [0.2, 0.25) is 0 Å². The zero-order chi connectivity index (χ0) is 19.2. The fraction of sp³-hybridized carbons (Fsp3) is 0.278. The standard InChI is InChI=1S/C18H19N3O5S/c1-3-6-19-18-21-13(10-27-18)17(23)26-11(2)16(22)20-12-4-5-14-15(9-12)25-8-7-24-14/h3-5,9-11H,1,6-8H2,2H3,(H,19,21)(H,20,22)/t11-/m0/s1. The second-order valence-electron chi connectivity index (χ2n) is 5.60. The average Bonchev–Trinajstić information content (AvgIpc) is 3.15. The molecule has 1 atom stereocenters. The van der Waals surface area contributed by atoms with E-state index in [0.717, 1.165) is 0 Å². The van der Waals surface area contributed by atoms with Crippen molar-refractivity contribution in [3.63, 3.8) is 0 Å². The lowest BCUT2D eigenvalue weighted by Crippen LogP contribution is -2.30. The van der Waals surface area contributed by atoms with Crippen molar-refractivity contribution < 1.29 is 23.8 Å². The van der Waals surface area contributed by atoms with Crippen LogP contribution in [-0.4, -0.2) is 42.7 Å². The Kier molecular flexibility index (Phi) is 5.92. The molecule has 0 bridgehead atoms. The minimum absolute atomic E-state index is 0.144. The Morgan fingerprint density at radius 2 is 2.15 bits per heavy atom. The molecule has 2 N–H and O–H groups in total. The second-order valence-corrected chi connectivity index (χ2v) is 6.46. The molecule has 0 saturated heterocycles. The SMILES string of the molecule is C=CCNc1nc(C(=O)O[C@@H](C)C(=O)Nc2ccc3c(c2)OCCO3)cs1. The highest BCUT2D eigenvalue weighted by molar-refractivity contribution is 7.13. The van der Waals surface area contributed by atoms with E-state index in [2.05, 4.69) is 22.2 Å². The smallest absolute Gasteiger partial charge is 0.358 e. The second kappa shape index (κ2) is 8.54. The molecule has 0 unspecified atom stereocenters. The lowest BCUT2D eigenvalue weighted by Gasteiger charge is -2.19. The molecule has 1 aliphatic rings. The maximum Gasteiger partial charge on any atom is 0.358 e. The van der Waals surface area contributed by atoms with Gasteiger partial charge < -0.3 is 24.8 Å². The van der Waals surface area contributed by atoms with Crippen LogP contribution in [0.5, 0.6) is 11.5 Å². The molecule has 142 valence electrons. The van der Waals surface area contributed by atoms with Crippen LogP contribution in [0.25, 0.3) is 0 Å². The van der Waals surface area contributed by atoms with Gasteiger partial charge in [-0.05, 0) is 19.1 Å². The van der Waals surface area contributed by atoms with E-state index in [1.54, 1.807) is 29.7 Å². The molecule has 1 amide bonds. The highest BCUT2D eigenvalue weighted by Crippen LogP contribution is 2.32. The molecular formula is C18H19N3O5S. The lowest BCUT2D eigenvalue weighted by atomic mass is 10.2. The van der Waals surface area contributed by atoms with Gasteiger partial charge >= 0.3 is 5.97 Å². The van der Waals surface area contributed by atoms with Gasteiger partial charge in [0.25, 0.3) is 5.91 Å². The van der Waals surface area contributed by atoms with Crippen molar-refractivity contribution in [2.45, 2.75) is 13.0 Å². The molecule has 2 heterocycles. The van der Waals surface area contributed by atoms with Crippen molar-refractivity contribution >= 4 is 34.0 Å². The first kappa shape index (κ1) is 18.7. The van der Waals surface area contributed by atoms with Crippen LogP contribution >= 0.6 is 11.3 Å². The van der Waals surface area contributed by atoms with Crippen molar-refractivity contribution in [1.82, 2.24) is 4.98 Å². The molecule has 9 heteroatoms. The van der Waals surface area contributed by atoms with Crippen LogP contribution in [-0.2, 0) is 9.53 Å². The van der Waals surface area contributed by atoms with Crippen molar-refractivity contribution in [2.24, 2.45) is 0 Å². The molecule has 0 saturated carbocycles. The number of hydrogen-bond acceptors (Lipinski definition) is 8. The van der Waals surface area contributed by atoms with Gasteiger partial charge in [-0.3, -0.25) is 4.79 Å². The summed E-state index contributed by atoms with van der Waals surface area (Å²) in [6.45, 7) is 6.58. The number of hydrogen-bond donors (Lipinski definition) is 2. The van der Waals surface area contributed by atoms with E-state index in [0.29, 0.717) is 42.1 Å². The summed E-state index contributed by atoms with van der Waals surface area (Å²) >= 11 is 1.27. The number of nitrogens with zero attached hydrogens (tertiary/aromatic N) is 1. The first-order chi connectivity index (χ1) is 13.1. The Morgan fingerprint density at radius 1 is 1.37 bits per heavy atom. The zero-order valence-electron chi connectivity index (χ0n) is 14.7. The monoisotopic (exact) mass is 389 g/mol. The zero-order valence-corrected chi connectivity index (χ0v) is 15.5. The molecule has 0 aliphatic carbocycles. The van der Waals surface area contributed by atoms with E-state index >= 15 is 0 Å². The molecule has 0 fully saturated rings. The van der Waals surface area contributed by atoms with Crippen molar-refractivity contribution in [3.8, 4) is 11.5 Å². The van der Waals surface area contributed by atoms with E-state index in [9.17, 15) is 9.59 Å². The Labute approximate surface area is 160 Å². The predicted molar refractivity (Wildman–Crippen MR) is 102 cm³/mol. The number of aromatic nitrogens is 1. The number of rotatable bonds is 7.